The molecule has 26 heavy (non-hydrogen) atoms. The van der Waals surface area contributed by atoms with Gasteiger partial charge in [-0.2, -0.15) is 31.3 Å². The van der Waals surface area contributed by atoms with Crippen LogP contribution < -0.4 is 58.7 Å². The van der Waals surface area contributed by atoms with Gasteiger partial charge in [-0.15, -0.1) is 0 Å². The molecule has 0 aromatic rings. The molecule has 0 aliphatic heterocycles. The van der Waals surface area contributed by atoms with Crippen LogP contribution in [0.4, 0.5) is 0 Å². The van der Waals surface area contributed by atoms with E-state index in [-0.39, 0.29) is 186 Å². The summed E-state index contributed by atoms with van der Waals surface area (Å²) in [6.07, 6.45) is 0. The van der Waals surface area contributed by atoms with E-state index >= 15 is 0 Å². The van der Waals surface area contributed by atoms with Crippen molar-refractivity contribution in [2.24, 2.45) is 0 Å². The van der Waals surface area contributed by atoms with Crippen LogP contribution in [-0.4, -0.2) is 136 Å². The van der Waals surface area contributed by atoms with E-state index in [0.29, 0.717) is 0 Å². The van der Waals surface area contributed by atoms with Crippen LogP contribution in [-0.2, 0) is 67.7 Å². The molecule has 26 heteroatoms. The van der Waals surface area contributed by atoms with Gasteiger partial charge in [-0.25, -0.2) is 0 Å². The van der Waals surface area contributed by atoms with E-state index in [4.69, 9.17) is 77.0 Å². The topological polar surface area (TPSA) is 345 Å². The Labute approximate surface area is 287 Å². The first-order valence-electron chi connectivity index (χ1n) is 2.92. The molecular formula is Ni3O16P4Sr3. The van der Waals surface area contributed by atoms with Crippen LogP contribution in [0.2, 0.25) is 0 Å². The van der Waals surface area contributed by atoms with Crippen molar-refractivity contribution in [1.29, 1.82) is 0 Å². The Kier molecular flexibility index (Phi) is 76.8. The van der Waals surface area contributed by atoms with Crippen molar-refractivity contribution in [3.63, 3.8) is 0 Å². The quantitative estimate of drug-likeness (QED) is 0.162. The Morgan fingerprint density at radius 1 is 0.308 bits per heavy atom. The van der Waals surface area contributed by atoms with E-state index in [0.717, 1.165) is 0 Å². The van der Waals surface area contributed by atoms with Gasteiger partial charge < -0.3 is 77.0 Å². The van der Waals surface area contributed by atoms with Crippen LogP contribution in [0, 0.1) is 0 Å². The summed E-state index contributed by atoms with van der Waals surface area (Å²) in [6, 6.07) is 0. The SMILES string of the molecule is O=P([O-])([O-])[O-].O=P([O-])([O-])[O-].O=P([O-])([O-])[O-].O=P([O-])([O-])[O-].[Ni+2].[Ni+2].[Ni+2].[Sr+2].[Sr+2].[Sr+2]. The van der Waals surface area contributed by atoms with Crippen molar-refractivity contribution >= 4 is 168 Å². The summed E-state index contributed by atoms with van der Waals surface area (Å²) >= 11 is 0. The Morgan fingerprint density at radius 2 is 0.308 bits per heavy atom. The van der Waals surface area contributed by atoms with Gasteiger partial charge in [-0.3, -0.25) is 0 Å². The number of hydrogen-bond acceptors (Lipinski definition) is 16. The molecule has 0 bridgehead atoms. The first-order valence-corrected chi connectivity index (χ1v) is 8.76. The smallest absolute Gasteiger partial charge is 0.822 e. The summed E-state index contributed by atoms with van der Waals surface area (Å²) < 4.78 is 34.2. The molecule has 0 aliphatic rings. The molecule has 0 N–H and O–H groups in total. The van der Waals surface area contributed by atoms with E-state index in [1.54, 1.807) is 0 Å². The molecule has 0 saturated heterocycles. The summed E-state index contributed by atoms with van der Waals surface area (Å²) in [4.78, 5) is 103. The van der Waals surface area contributed by atoms with E-state index in [9.17, 15) is 0 Å². The molecule has 0 aromatic carbocycles. The molecule has 16 nitrogen and oxygen atoms in total. The summed E-state index contributed by atoms with van der Waals surface area (Å²) in [6.45, 7) is 0. The molecule has 152 valence electrons. The van der Waals surface area contributed by atoms with Crippen molar-refractivity contribution in [3.8, 4) is 0 Å². The second-order valence-corrected chi connectivity index (χ2v) is 5.37. The summed E-state index contributed by atoms with van der Waals surface area (Å²) in [5, 5.41) is 0. The van der Waals surface area contributed by atoms with Gasteiger partial charge in [0.2, 0.25) is 0 Å². The third-order valence-electron chi connectivity index (χ3n) is 0. The van der Waals surface area contributed by atoms with Gasteiger partial charge in [0.1, 0.15) is 0 Å². The van der Waals surface area contributed by atoms with Gasteiger partial charge >= 0.3 is 186 Å². The maximum atomic E-state index is 8.55. The monoisotopic (exact) mass is 817 g/mol. The average Bonchev–Trinajstić information content (AvgIpc) is 1.62. The van der Waals surface area contributed by atoms with Crippen LogP contribution in [0.1, 0.15) is 0 Å². The molecule has 0 fully saturated rings. The van der Waals surface area contributed by atoms with E-state index < -0.39 is 31.3 Å². The molecule has 0 spiro atoms. The minimum Gasteiger partial charge on any atom is -0.822 e. The standard InChI is InChI=1S/3Ni.4H3O4P.3Sr/c;;;4*1-5(2,3)4;;;/h;;;4*(H3,1,2,3,4);;;/q3*+2;;;;;3*+2/p-12. The largest absolute Gasteiger partial charge is 2.00 e. The third-order valence-corrected chi connectivity index (χ3v) is 0. The van der Waals surface area contributed by atoms with Crippen molar-refractivity contribution in [1.82, 2.24) is 0 Å². The molecule has 0 aromatic heterocycles. The minimum absolute atomic E-state index is 0. The second-order valence-electron chi connectivity index (χ2n) is 1.79. The zero-order valence-corrected chi connectivity index (χ0v) is 28.4. The predicted octanol–water partition coefficient (Wildman–Crippen LogP) is -12.4. The zero-order valence-electron chi connectivity index (χ0n) is 11.4. The molecular weight excluding hydrogens is 819 g/mol. The maximum Gasteiger partial charge on any atom is 2.00 e. The van der Waals surface area contributed by atoms with Crippen molar-refractivity contribution in [3.05, 3.63) is 0 Å². The first-order chi connectivity index (χ1) is 8.00. The number of rotatable bonds is 0. The van der Waals surface area contributed by atoms with E-state index in [1.165, 1.54) is 0 Å². The number of hydrogen-bond donors (Lipinski definition) is 0. The van der Waals surface area contributed by atoms with Crippen LogP contribution in [0.3, 0.4) is 0 Å². The zero-order chi connectivity index (χ0) is 18.0. The normalized spacial score (nSPS) is 9.08. The molecule has 0 heterocycles. The van der Waals surface area contributed by atoms with Crippen LogP contribution in [0.15, 0.2) is 0 Å². The maximum absolute atomic E-state index is 8.55. The minimum atomic E-state index is -5.39. The Hall–Kier alpha value is 6.36. The molecule has 0 rings (SSSR count). The summed E-state index contributed by atoms with van der Waals surface area (Å²) in [5.74, 6) is 0. The fourth-order valence-electron chi connectivity index (χ4n) is 0. The predicted molar refractivity (Wildman–Crippen MR) is 47.7 cm³/mol. The molecule has 0 amide bonds. The average molecular weight is 819 g/mol. The molecule has 0 saturated carbocycles. The van der Waals surface area contributed by atoms with Crippen LogP contribution in [0.25, 0.3) is 0 Å². The molecule has 0 atom stereocenters. The van der Waals surface area contributed by atoms with Gasteiger partial charge in [0.25, 0.3) is 0 Å². The van der Waals surface area contributed by atoms with Gasteiger partial charge in [0, 0.05) is 0 Å². The fraction of sp³-hybridized carbons (Fsp3) is 0. The van der Waals surface area contributed by atoms with E-state index in [1.807, 2.05) is 0 Å². The van der Waals surface area contributed by atoms with Gasteiger partial charge in [-0.1, -0.05) is 0 Å². The number of phosphoric acid groups is 4. The van der Waals surface area contributed by atoms with Crippen LogP contribution >= 0.6 is 31.3 Å². The van der Waals surface area contributed by atoms with Crippen LogP contribution in [0.5, 0.6) is 0 Å². The molecule has 0 unspecified atom stereocenters. The van der Waals surface area contributed by atoms with Gasteiger partial charge in [0.05, 0.1) is 0 Å². The van der Waals surface area contributed by atoms with Gasteiger partial charge in [0.15, 0.2) is 0 Å². The second kappa shape index (κ2) is 31.4. The fourth-order valence-corrected chi connectivity index (χ4v) is 0. The van der Waals surface area contributed by atoms with Crippen molar-refractivity contribution in [2.75, 3.05) is 0 Å². The van der Waals surface area contributed by atoms with Crippen molar-refractivity contribution < 1.29 is 126 Å². The van der Waals surface area contributed by atoms with Crippen molar-refractivity contribution in [2.45, 2.75) is 0 Å². The first kappa shape index (κ1) is 63.7. The molecule has 0 aliphatic carbocycles. The van der Waals surface area contributed by atoms with E-state index in [2.05, 4.69) is 0 Å². The summed E-state index contributed by atoms with van der Waals surface area (Å²) in [7, 11) is -21.6. The third kappa shape index (κ3) is 647. The Morgan fingerprint density at radius 3 is 0.308 bits per heavy atom. The summed E-state index contributed by atoms with van der Waals surface area (Å²) in [5.41, 5.74) is 0. The Bertz CT molecular complexity index is 305. The molecule has 0 radical (unpaired) electrons. The van der Waals surface area contributed by atoms with Gasteiger partial charge in [-0.05, 0) is 0 Å². The Balaban J connectivity index is -0.0000000152.